The van der Waals surface area contributed by atoms with Crippen molar-refractivity contribution in [1.29, 1.82) is 0 Å². The number of rotatable bonds is 3. The van der Waals surface area contributed by atoms with Gasteiger partial charge in [0.25, 0.3) is 0 Å². The summed E-state index contributed by atoms with van der Waals surface area (Å²) >= 11 is 1.48. The Hall–Kier alpha value is -1.33. The normalized spacial score (nSPS) is 12.7. The summed E-state index contributed by atoms with van der Waals surface area (Å²) in [7, 11) is 0. The van der Waals surface area contributed by atoms with Crippen LogP contribution in [0.1, 0.15) is 17.2 Å². The summed E-state index contributed by atoms with van der Waals surface area (Å²) in [6.45, 7) is 0. The van der Waals surface area contributed by atoms with Gasteiger partial charge in [-0.25, -0.2) is 13.2 Å². The van der Waals surface area contributed by atoms with Crippen molar-refractivity contribution in [3.8, 4) is 0 Å². The van der Waals surface area contributed by atoms with E-state index in [9.17, 15) is 13.2 Å². The van der Waals surface area contributed by atoms with E-state index in [1.807, 2.05) is 16.8 Å². The van der Waals surface area contributed by atoms with E-state index in [4.69, 9.17) is 5.73 Å². The Bertz CT molecular complexity index is 487. The standard InChI is InChI=1S/C12H10F3NS/c13-8-4-9(14)12(10(15)5-8)11(16)3-7-1-2-17-6-7/h1-2,4-6,11H,3,16H2. The van der Waals surface area contributed by atoms with Crippen molar-refractivity contribution in [3.05, 3.63) is 57.5 Å². The first-order valence-electron chi connectivity index (χ1n) is 4.99. The fraction of sp³-hybridized carbons (Fsp3) is 0.167. The Kier molecular flexibility index (Phi) is 3.49. The summed E-state index contributed by atoms with van der Waals surface area (Å²) in [6, 6.07) is 2.31. The maximum Gasteiger partial charge on any atom is 0.133 e. The quantitative estimate of drug-likeness (QED) is 0.896. The van der Waals surface area contributed by atoms with Crippen LogP contribution in [0.5, 0.6) is 0 Å². The molecule has 0 spiro atoms. The minimum Gasteiger partial charge on any atom is -0.323 e. The first-order chi connectivity index (χ1) is 8.08. The largest absolute Gasteiger partial charge is 0.323 e. The molecule has 1 aromatic heterocycles. The molecule has 90 valence electrons. The van der Waals surface area contributed by atoms with Crippen molar-refractivity contribution in [3.63, 3.8) is 0 Å². The van der Waals surface area contributed by atoms with Crippen molar-refractivity contribution in [2.75, 3.05) is 0 Å². The molecule has 1 unspecified atom stereocenters. The molecule has 0 saturated carbocycles. The van der Waals surface area contributed by atoms with E-state index in [1.54, 1.807) is 0 Å². The van der Waals surface area contributed by atoms with Crippen LogP contribution in [0.25, 0.3) is 0 Å². The Morgan fingerprint density at radius 2 is 1.82 bits per heavy atom. The molecule has 0 saturated heterocycles. The van der Waals surface area contributed by atoms with E-state index in [2.05, 4.69) is 0 Å². The van der Waals surface area contributed by atoms with E-state index in [-0.39, 0.29) is 5.56 Å². The molecule has 2 rings (SSSR count). The molecule has 0 amide bonds. The van der Waals surface area contributed by atoms with Crippen LogP contribution in [-0.2, 0) is 6.42 Å². The van der Waals surface area contributed by atoms with Gasteiger partial charge in [0.05, 0.1) is 0 Å². The molecule has 0 aliphatic carbocycles. The molecular weight excluding hydrogens is 247 g/mol. The van der Waals surface area contributed by atoms with Crippen molar-refractivity contribution in [2.24, 2.45) is 5.73 Å². The molecule has 1 aromatic carbocycles. The second-order valence-corrected chi connectivity index (χ2v) is 4.51. The lowest BCUT2D eigenvalue weighted by Gasteiger charge is -2.13. The molecule has 5 heteroatoms. The molecule has 0 aliphatic heterocycles. The average Bonchev–Trinajstić information content (AvgIpc) is 2.68. The first kappa shape index (κ1) is 12.1. The molecule has 1 nitrogen and oxygen atoms in total. The average molecular weight is 257 g/mol. The number of halogens is 3. The van der Waals surface area contributed by atoms with Gasteiger partial charge in [0, 0.05) is 23.7 Å². The summed E-state index contributed by atoms with van der Waals surface area (Å²) < 4.78 is 39.6. The topological polar surface area (TPSA) is 26.0 Å². The highest BCUT2D eigenvalue weighted by Gasteiger charge is 2.18. The number of hydrogen-bond acceptors (Lipinski definition) is 2. The molecular formula is C12H10F3NS. The molecule has 1 heterocycles. The van der Waals surface area contributed by atoms with Crippen molar-refractivity contribution in [2.45, 2.75) is 12.5 Å². The first-order valence-corrected chi connectivity index (χ1v) is 5.93. The van der Waals surface area contributed by atoms with E-state index < -0.39 is 23.5 Å². The van der Waals surface area contributed by atoms with Gasteiger partial charge in [0.15, 0.2) is 0 Å². The van der Waals surface area contributed by atoms with Crippen LogP contribution in [0.4, 0.5) is 13.2 Å². The minimum atomic E-state index is -0.940. The Labute approximate surface area is 101 Å². The van der Waals surface area contributed by atoms with Crippen molar-refractivity contribution < 1.29 is 13.2 Å². The molecule has 0 radical (unpaired) electrons. The number of hydrogen-bond donors (Lipinski definition) is 1. The third-order valence-electron chi connectivity index (χ3n) is 2.45. The molecule has 0 fully saturated rings. The Morgan fingerprint density at radius 1 is 1.18 bits per heavy atom. The SMILES string of the molecule is NC(Cc1ccsc1)c1c(F)cc(F)cc1F. The number of benzene rings is 1. The third kappa shape index (κ3) is 2.68. The van der Waals surface area contributed by atoms with Gasteiger partial charge in [0.1, 0.15) is 17.5 Å². The number of nitrogens with two attached hydrogens (primary N) is 1. The van der Waals surface area contributed by atoms with Crippen molar-refractivity contribution in [1.82, 2.24) is 0 Å². The highest BCUT2D eigenvalue weighted by molar-refractivity contribution is 7.07. The Morgan fingerprint density at radius 3 is 2.35 bits per heavy atom. The summed E-state index contributed by atoms with van der Waals surface area (Å²) in [5.41, 5.74) is 6.38. The zero-order valence-corrected chi connectivity index (χ0v) is 9.61. The summed E-state index contributed by atoms with van der Waals surface area (Å²) in [6.07, 6.45) is 0.322. The zero-order chi connectivity index (χ0) is 12.4. The fourth-order valence-electron chi connectivity index (χ4n) is 1.67. The molecule has 0 bridgehead atoms. The van der Waals surface area contributed by atoms with Gasteiger partial charge < -0.3 is 5.73 Å². The monoisotopic (exact) mass is 257 g/mol. The molecule has 2 N–H and O–H groups in total. The van der Waals surface area contributed by atoms with Crippen LogP contribution < -0.4 is 5.73 Å². The molecule has 17 heavy (non-hydrogen) atoms. The highest BCUT2D eigenvalue weighted by Crippen LogP contribution is 2.24. The summed E-state index contributed by atoms with van der Waals surface area (Å²) in [5, 5.41) is 3.72. The van der Waals surface area contributed by atoms with Gasteiger partial charge in [-0.05, 0) is 28.8 Å². The predicted molar refractivity (Wildman–Crippen MR) is 61.3 cm³/mol. The smallest absolute Gasteiger partial charge is 0.133 e. The van der Waals surface area contributed by atoms with Gasteiger partial charge in [-0.15, -0.1) is 0 Å². The van der Waals surface area contributed by atoms with Crippen LogP contribution in [0, 0.1) is 17.5 Å². The van der Waals surface area contributed by atoms with Gasteiger partial charge in [-0.2, -0.15) is 11.3 Å². The molecule has 2 aromatic rings. The number of thiophene rings is 1. The van der Waals surface area contributed by atoms with Crippen LogP contribution in [-0.4, -0.2) is 0 Å². The molecule has 0 aliphatic rings. The van der Waals surface area contributed by atoms with Gasteiger partial charge in [0.2, 0.25) is 0 Å². The summed E-state index contributed by atoms with van der Waals surface area (Å²) in [5.74, 6) is -2.82. The second kappa shape index (κ2) is 4.89. The van der Waals surface area contributed by atoms with Gasteiger partial charge >= 0.3 is 0 Å². The third-order valence-corrected chi connectivity index (χ3v) is 3.18. The van der Waals surface area contributed by atoms with Crippen LogP contribution in [0.2, 0.25) is 0 Å². The predicted octanol–water partition coefficient (Wildman–Crippen LogP) is 3.41. The van der Waals surface area contributed by atoms with E-state index in [1.165, 1.54) is 11.3 Å². The lowest BCUT2D eigenvalue weighted by Crippen LogP contribution is -2.17. The van der Waals surface area contributed by atoms with Crippen molar-refractivity contribution >= 4 is 11.3 Å². The molecule has 1 atom stereocenters. The highest BCUT2D eigenvalue weighted by atomic mass is 32.1. The lowest BCUT2D eigenvalue weighted by atomic mass is 10.0. The van der Waals surface area contributed by atoms with Gasteiger partial charge in [-0.1, -0.05) is 0 Å². The summed E-state index contributed by atoms with van der Waals surface area (Å²) in [4.78, 5) is 0. The lowest BCUT2D eigenvalue weighted by molar-refractivity contribution is 0.502. The maximum atomic E-state index is 13.4. The fourth-order valence-corrected chi connectivity index (χ4v) is 2.35. The minimum absolute atomic E-state index is 0.266. The van der Waals surface area contributed by atoms with Crippen LogP contribution in [0.15, 0.2) is 29.0 Å². The second-order valence-electron chi connectivity index (χ2n) is 3.73. The van der Waals surface area contributed by atoms with Crippen LogP contribution in [0.3, 0.4) is 0 Å². The Balaban J connectivity index is 2.27. The van der Waals surface area contributed by atoms with E-state index >= 15 is 0 Å². The van der Waals surface area contributed by atoms with Gasteiger partial charge in [-0.3, -0.25) is 0 Å². The van der Waals surface area contributed by atoms with Crippen LogP contribution >= 0.6 is 11.3 Å². The maximum absolute atomic E-state index is 13.4. The zero-order valence-electron chi connectivity index (χ0n) is 8.79. The van der Waals surface area contributed by atoms with E-state index in [0.717, 1.165) is 5.56 Å². The van der Waals surface area contributed by atoms with E-state index in [0.29, 0.717) is 18.6 Å².